The Labute approximate surface area is 176 Å². The number of anilines is 3. The average molecular weight is 409 g/mol. The molecule has 0 radical (unpaired) electrons. The summed E-state index contributed by atoms with van der Waals surface area (Å²) in [5.41, 5.74) is 15.0. The van der Waals surface area contributed by atoms with Crippen LogP contribution in [0.2, 0.25) is 0 Å². The molecule has 0 spiro atoms. The molecule has 8 heteroatoms. The van der Waals surface area contributed by atoms with Crippen molar-refractivity contribution in [3.63, 3.8) is 0 Å². The molecule has 1 fully saturated rings. The van der Waals surface area contributed by atoms with E-state index in [0.29, 0.717) is 42.1 Å². The van der Waals surface area contributed by atoms with Crippen molar-refractivity contribution in [1.82, 2.24) is 9.88 Å². The van der Waals surface area contributed by atoms with Crippen molar-refractivity contribution in [2.45, 2.75) is 39.2 Å². The summed E-state index contributed by atoms with van der Waals surface area (Å²) in [6, 6.07) is 6.83. The third-order valence-corrected chi connectivity index (χ3v) is 5.59. The number of benzene rings is 1. The lowest BCUT2D eigenvalue weighted by Crippen LogP contribution is -2.46. The Morgan fingerprint density at radius 2 is 2.10 bits per heavy atom. The first kappa shape index (κ1) is 21.3. The molecule has 8 nitrogen and oxygen atoms in total. The van der Waals surface area contributed by atoms with E-state index in [1.54, 1.807) is 17.0 Å². The fourth-order valence-electron chi connectivity index (χ4n) is 3.95. The topological polar surface area (TPSA) is 138 Å². The zero-order chi connectivity index (χ0) is 21.8. The third kappa shape index (κ3) is 4.27. The Balaban J connectivity index is 1.87. The highest BCUT2D eigenvalue weighted by atomic mass is 16.2. The van der Waals surface area contributed by atoms with E-state index in [9.17, 15) is 9.59 Å². The molecule has 158 valence electrons. The Morgan fingerprint density at radius 3 is 2.80 bits per heavy atom. The summed E-state index contributed by atoms with van der Waals surface area (Å²) in [6.07, 6.45) is 4.95. The third-order valence-electron chi connectivity index (χ3n) is 5.59. The Bertz CT molecular complexity index is 974. The van der Waals surface area contributed by atoms with E-state index < -0.39 is 11.8 Å². The van der Waals surface area contributed by atoms with Crippen LogP contribution in [0.5, 0.6) is 0 Å². The first-order valence-electron chi connectivity index (χ1n) is 10.1. The minimum Gasteiger partial charge on any atom is -0.398 e. The van der Waals surface area contributed by atoms with Gasteiger partial charge in [0.1, 0.15) is 5.82 Å². The molecule has 0 aliphatic carbocycles. The summed E-state index contributed by atoms with van der Waals surface area (Å²) in [4.78, 5) is 31.6. The maximum Gasteiger partial charge on any atom is 0.313 e. The number of hydrogen-bond donors (Lipinski definition) is 4. The summed E-state index contributed by atoms with van der Waals surface area (Å²) in [6.45, 7) is 4.46. The van der Waals surface area contributed by atoms with E-state index in [2.05, 4.69) is 17.2 Å². The Hall–Kier alpha value is -3.42. The van der Waals surface area contributed by atoms with Crippen LogP contribution in [0.4, 0.5) is 17.2 Å². The van der Waals surface area contributed by atoms with Crippen LogP contribution in [0.15, 0.2) is 30.5 Å². The van der Waals surface area contributed by atoms with Crippen molar-refractivity contribution in [2.24, 2.45) is 5.92 Å². The maximum absolute atomic E-state index is 13.1. The standard InChI is InChI=1S/C22H28N6O2/c1-3-14-9-15(11-26-20(14)25)27-21(29)22(30)28-12-13(2)7-8-19(28)16-5-4-6-18(24)17(16)10-23/h4-6,9-11,13,19,23H,3,7-8,12,24H2,1-2H3,(H2,25,26)(H,27,29)/t13-,19?/m0/s1. The normalized spacial score (nSPS) is 18.7. The number of nitrogens with zero attached hydrogens (tertiary/aromatic N) is 2. The molecule has 2 heterocycles. The maximum atomic E-state index is 13.1. The van der Waals surface area contributed by atoms with Gasteiger partial charge >= 0.3 is 11.8 Å². The minimum absolute atomic E-state index is 0.271. The number of likely N-dealkylation sites (tertiary alicyclic amines) is 1. The molecule has 1 aliphatic heterocycles. The van der Waals surface area contributed by atoms with Gasteiger partial charge in [0, 0.05) is 24.0 Å². The van der Waals surface area contributed by atoms with Crippen molar-refractivity contribution in [1.29, 1.82) is 5.41 Å². The van der Waals surface area contributed by atoms with Gasteiger partial charge in [-0.1, -0.05) is 26.0 Å². The van der Waals surface area contributed by atoms with E-state index in [1.165, 1.54) is 12.4 Å². The Morgan fingerprint density at radius 1 is 1.33 bits per heavy atom. The zero-order valence-corrected chi connectivity index (χ0v) is 17.3. The van der Waals surface area contributed by atoms with Gasteiger partial charge in [0.2, 0.25) is 0 Å². The monoisotopic (exact) mass is 408 g/mol. The minimum atomic E-state index is -0.719. The number of rotatable bonds is 4. The van der Waals surface area contributed by atoms with Gasteiger partial charge in [-0.3, -0.25) is 9.59 Å². The van der Waals surface area contributed by atoms with Crippen molar-refractivity contribution in [3.05, 3.63) is 47.2 Å². The second-order valence-corrected chi connectivity index (χ2v) is 7.73. The van der Waals surface area contributed by atoms with E-state index >= 15 is 0 Å². The molecule has 1 aromatic heterocycles. The predicted octanol–water partition coefficient (Wildman–Crippen LogP) is 2.74. The summed E-state index contributed by atoms with van der Waals surface area (Å²) in [5, 5.41) is 10.4. The molecule has 0 bridgehead atoms. The number of amides is 2. The molecule has 1 saturated heterocycles. The molecular formula is C22H28N6O2. The molecule has 6 N–H and O–H groups in total. The van der Waals surface area contributed by atoms with Crippen LogP contribution in [-0.4, -0.2) is 34.5 Å². The molecule has 1 aromatic carbocycles. The van der Waals surface area contributed by atoms with Gasteiger partial charge in [-0.2, -0.15) is 0 Å². The van der Waals surface area contributed by atoms with Gasteiger partial charge < -0.3 is 27.1 Å². The van der Waals surface area contributed by atoms with Crippen LogP contribution in [0.25, 0.3) is 0 Å². The van der Waals surface area contributed by atoms with Gasteiger partial charge in [0.15, 0.2) is 0 Å². The summed E-state index contributed by atoms with van der Waals surface area (Å²) in [5.74, 6) is -0.650. The lowest BCUT2D eigenvalue weighted by Gasteiger charge is -2.39. The number of hydrogen-bond acceptors (Lipinski definition) is 6. The van der Waals surface area contributed by atoms with Crippen molar-refractivity contribution >= 4 is 35.2 Å². The van der Waals surface area contributed by atoms with Gasteiger partial charge in [-0.25, -0.2) is 4.98 Å². The van der Waals surface area contributed by atoms with Crippen LogP contribution < -0.4 is 16.8 Å². The predicted molar refractivity (Wildman–Crippen MR) is 118 cm³/mol. The van der Waals surface area contributed by atoms with Crippen LogP contribution >= 0.6 is 0 Å². The molecule has 2 atom stereocenters. The van der Waals surface area contributed by atoms with Gasteiger partial charge in [-0.05, 0) is 48.4 Å². The Kier molecular flexibility index (Phi) is 6.34. The number of nitrogens with two attached hydrogens (primary N) is 2. The highest BCUT2D eigenvalue weighted by Gasteiger charge is 2.35. The molecule has 3 rings (SSSR count). The molecule has 2 aromatic rings. The molecular weight excluding hydrogens is 380 g/mol. The number of nitrogen functional groups attached to an aromatic ring is 2. The van der Waals surface area contributed by atoms with Crippen LogP contribution in [0.3, 0.4) is 0 Å². The SMILES string of the molecule is CCc1cc(NC(=O)C(=O)N2C[C@@H](C)CCC2c2cccc(N)c2C=N)cnc1N. The van der Waals surface area contributed by atoms with Gasteiger partial charge in [0.05, 0.1) is 17.9 Å². The van der Waals surface area contributed by atoms with Crippen molar-refractivity contribution in [3.8, 4) is 0 Å². The molecule has 2 amide bonds. The average Bonchev–Trinajstić information content (AvgIpc) is 2.74. The fourth-order valence-corrected chi connectivity index (χ4v) is 3.95. The van der Waals surface area contributed by atoms with E-state index in [-0.39, 0.29) is 12.0 Å². The molecule has 1 unspecified atom stereocenters. The summed E-state index contributed by atoms with van der Waals surface area (Å²) < 4.78 is 0. The summed E-state index contributed by atoms with van der Waals surface area (Å²) in [7, 11) is 0. The molecule has 1 aliphatic rings. The number of piperidine rings is 1. The fraction of sp³-hybridized carbons (Fsp3) is 0.364. The zero-order valence-electron chi connectivity index (χ0n) is 17.3. The van der Waals surface area contributed by atoms with E-state index in [4.69, 9.17) is 16.9 Å². The first-order chi connectivity index (χ1) is 14.3. The molecule has 0 saturated carbocycles. The number of pyridine rings is 1. The van der Waals surface area contributed by atoms with Crippen LogP contribution in [0, 0.1) is 11.3 Å². The summed E-state index contributed by atoms with van der Waals surface area (Å²) >= 11 is 0. The highest BCUT2D eigenvalue weighted by molar-refractivity contribution is 6.39. The van der Waals surface area contributed by atoms with Crippen LogP contribution in [0.1, 0.15) is 49.4 Å². The second-order valence-electron chi connectivity index (χ2n) is 7.73. The first-order valence-corrected chi connectivity index (χ1v) is 10.1. The quantitative estimate of drug-likeness (QED) is 0.350. The largest absolute Gasteiger partial charge is 0.398 e. The smallest absolute Gasteiger partial charge is 0.313 e. The number of nitrogens with one attached hydrogen (secondary N) is 2. The van der Waals surface area contributed by atoms with E-state index in [1.807, 2.05) is 19.1 Å². The molecule has 30 heavy (non-hydrogen) atoms. The van der Waals surface area contributed by atoms with Gasteiger partial charge in [-0.15, -0.1) is 0 Å². The lowest BCUT2D eigenvalue weighted by molar-refractivity contribution is -0.146. The van der Waals surface area contributed by atoms with Crippen molar-refractivity contribution in [2.75, 3.05) is 23.3 Å². The van der Waals surface area contributed by atoms with Crippen molar-refractivity contribution < 1.29 is 9.59 Å². The second kappa shape index (κ2) is 8.94. The van der Waals surface area contributed by atoms with Crippen LogP contribution in [-0.2, 0) is 16.0 Å². The number of carbonyl (C=O) groups excluding carboxylic acids is 2. The van der Waals surface area contributed by atoms with E-state index in [0.717, 1.165) is 17.5 Å². The number of carbonyl (C=O) groups is 2. The number of aryl methyl sites for hydroxylation is 1. The number of aromatic nitrogens is 1. The van der Waals surface area contributed by atoms with Gasteiger partial charge in [0.25, 0.3) is 0 Å². The highest BCUT2D eigenvalue weighted by Crippen LogP contribution is 2.36. The lowest BCUT2D eigenvalue weighted by atomic mass is 9.87.